The molecule has 0 saturated carbocycles. The van der Waals surface area contributed by atoms with Crippen molar-refractivity contribution < 1.29 is 4.74 Å². The minimum absolute atomic E-state index is 0.384. The number of alkyl halides is 1. The van der Waals surface area contributed by atoms with E-state index in [9.17, 15) is 0 Å². The van der Waals surface area contributed by atoms with Crippen LogP contribution >= 0.6 is 15.9 Å². The van der Waals surface area contributed by atoms with Crippen molar-refractivity contribution in [2.45, 2.75) is 26.9 Å². The Bertz CT molecular complexity index is 65.9. The maximum absolute atomic E-state index is 5.36. The molecule has 0 N–H and O–H groups in total. The van der Waals surface area contributed by atoms with Gasteiger partial charge in [-0.05, 0) is 19.8 Å². The Morgan fingerprint density at radius 1 is 1.44 bits per heavy atom. The second kappa shape index (κ2) is 5.24. The molecular formula is C7H15BrO. The fourth-order valence-electron chi connectivity index (χ4n) is 0.553. The van der Waals surface area contributed by atoms with E-state index in [0.29, 0.717) is 12.0 Å². The molecule has 0 aliphatic carbocycles. The van der Waals surface area contributed by atoms with E-state index in [0.717, 1.165) is 11.9 Å². The second-order valence-corrected chi connectivity index (χ2v) is 2.94. The molecule has 0 rings (SSSR count). The smallest absolute Gasteiger partial charge is 0.0580 e. The van der Waals surface area contributed by atoms with Crippen LogP contribution in [0.3, 0.4) is 0 Å². The fourth-order valence-corrected chi connectivity index (χ4v) is 1.08. The summed E-state index contributed by atoms with van der Waals surface area (Å²) in [6.07, 6.45) is 0.384. The molecule has 2 heteroatoms. The van der Waals surface area contributed by atoms with Gasteiger partial charge in [-0.1, -0.05) is 22.9 Å². The topological polar surface area (TPSA) is 9.23 Å². The second-order valence-electron chi connectivity index (χ2n) is 2.29. The van der Waals surface area contributed by atoms with E-state index in [1.807, 2.05) is 6.92 Å². The van der Waals surface area contributed by atoms with Crippen LogP contribution in [-0.4, -0.2) is 18.0 Å². The lowest BCUT2D eigenvalue weighted by molar-refractivity contribution is 0.0460. The van der Waals surface area contributed by atoms with Gasteiger partial charge in [0.05, 0.1) is 6.10 Å². The molecule has 0 aromatic heterocycles. The summed E-state index contributed by atoms with van der Waals surface area (Å²) in [5.74, 6) is 0.616. The highest BCUT2D eigenvalue weighted by molar-refractivity contribution is 9.09. The zero-order chi connectivity index (χ0) is 7.28. The molecule has 0 heterocycles. The SMILES string of the molecule is CCOC(C)C(C)CBr. The molecule has 0 aromatic rings. The number of halogens is 1. The molecule has 0 aromatic carbocycles. The van der Waals surface area contributed by atoms with Gasteiger partial charge in [0.1, 0.15) is 0 Å². The number of hydrogen-bond donors (Lipinski definition) is 0. The zero-order valence-corrected chi connectivity index (χ0v) is 7.94. The summed E-state index contributed by atoms with van der Waals surface area (Å²) in [7, 11) is 0. The monoisotopic (exact) mass is 194 g/mol. The molecule has 0 saturated heterocycles. The first-order chi connectivity index (χ1) is 4.22. The van der Waals surface area contributed by atoms with Crippen molar-refractivity contribution in [1.29, 1.82) is 0 Å². The molecule has 0 aliphatic rings. The van der Waals surface area contributed by atoms with E-state index in [1.165, 1.54) is 0 Å². The van der Waals surface area contributed by atoms with Gasteiger partial charge in [0.25, 0.3) is 0 Å². The molecule has 0 amide bonds. The molecule has 0 bridgehead atoms. The van der Waals surface area contributed by atoms with Crippen molar-refractivity contribution in [3.8, 4) is 0 Å². The van der Waals surface area contributed by atoms with Crippen LogP contribution in [0.15, 0.2) is 0 Å². The molecule has 0 radical (unpaired) electrons. The van der Waals surface area contributed by atoms with Gasteiger partial charge in [-0.15, -0.1) is 0 Å². The van der Waals surface area contributed by atoms with Gasteiger partial charge >= 0.3 is 0 Å². The molecule has 0 spiro atoms. The highest BCUT2D eigenvalue weighted by Gasteiger charge is 2.08. The number of rotatable bonds is 4. The minimum Gasteiger partial charge on any atom is -0.378 e. The summed E-state index contributed by atoms with van der Waals surface area (Å²) in [4.78, 5) is 0. The molecule has 2 unspecified atom stereocenters. The van der Waals surface area contributed by atoms with Crippen LogP contribution in [0.1, 0.15) is 20.8 Å². The first-order valence-electron chi connectivity index (χ1n) is 3.40. The largest absolute Gasteiger partial charge is 0.378 e. The van der Waals surface area contributed by atoms with Gasteiger partial charge in [0.15, 0.2) is 0 Å². The van der Waals surface area contributed by atoms with Crippen LogP contribution in [0.4, 0.5) is 0 Å². The van der Waals surface area contributed by atoms with Crippen molar-refractivity contribution >= 4 is 15.9 Å². The van der Waals surface area contributed by atoms with Gasteiger partial charge in [-0.25, -0.2) is 0 Å². The van der Waals surface area contributed by atoms with Gasteiger partial charge in [0.2, 0.25) is 0 Å². The van der Waals surface area contributed by atoms with E-state index in [4.69, 9.17) is 4.74 Å². The van der Waals surface area contributed by atoms with Gasteiger partial charge in [-0.2, -0.15) is 0 Å². The van der Waals surface area contributed by atoms with Crippen molar-refractivity contribution in [2.24, 2.45) is 5.92 Å². The van der Waals surface area contributed by atoms with Gasteiger partial charge in [-0.3, -0.25) is 0 Å². The Kier molecular flexibility index (Phi) is 5.50. The lowest BCUT2D eigenvalue weighted by Crippen LogP contribution is -2.18. The third-order valence-corrected chi connectivity index (χ3v) is 2.50. The molecule has 0 aliphatic heterocycles. The predicted molar refractivity (Wildman–Crippen MR) is 44.0 cm³/mol. The van der Waals surface area contributed by atoms with Crippen LogP contribution in [-0.2, 0) is 4.74 Å². The Hall–Kier alpha value is 0.440. The van der Waals surface area contributed by atoms with E-state index in [2.05, 4.69) is 29.8 Å². The first-order valence-corrected chi connectivity index (χ1v) is 4.52. The molecule has 2 atom stereocenters. The fraction of sp³-hybridized carbons (Fsp3) is 1.00. The number of hydrogen-bond acceptors (Lipinski definition) is 1. The van der Waals surface area contributed by atoms with Gasteiger partial charge in [0, 0.05) is 11.9 Å². The zero-order valence-electron chi connectivity index (χ0n) is 6.36. The third kappa shape index (κ3) is 3.93. The Morgan fingerprint density at radius 2 is 2.00 bits per heavy atom. The Balaban J connectivity index is 3.32. The number of ether oxygens (including phenoxy) is 1. The Morgan fingerprint density at radius 3 is 2.33 bits per heavy atom. The molecule has 9 heavy (non-hydrogen) atoms. The highest BCUT2D eigenvalue weighted by atomic mass is 79.9. The predicted octanol–water partition coefficient (Wildman–Crippen LogP) is 2.44. The summed E-state index contributed by atoms with van der Waals surface area (Å²) in [5.41, 5.74) is 0. The first kappa shape index (κ1) is 9.44. The van der Waals surface area contributed by atoms with Crippen LogP contribution in [0.2, 0.25) is 0 Å². The molecule has 56 valence electrons. The van der Waals surface area contributed by atoms with Crippen LogP contribution in [0, 0.1) is 5.92 Å². The quantitative estimate of drug-likeness (QED) is 0.626. The van der Waals surface area contributed by atoms with Crippen molar-refractivity contribution in [3.05, 3.63) is 0 Å². The maximum Gasteiger partial charge on any atom is 0.0580 e. The molecular weight excluding hydrogens is 180 g/mol. The van der Waals surface area contributed by atoms with E-state index < -0.39 is 0 Å². The average Bonchev–Trinajstić information content (AvgIpc) is 1.87. The van der Waals surface area contributed by atoms with Crippen molar-refractivity contribution in [3.63, 3.8) is 0 Å². The molecule has 1 nitrogen and oxygen atoms in total. The third-order valence-electron chi connectivity index (χ3n) is 1.47. The molecule has 0 fully saturated rings. The van der Waals surface area contributed by atoms with Crippen molar-refractivity contribution in [1.82, 2.24) is 0 Å². The Labute approximate surface area is 65.9 Å². The normalized spacial score (nSPS) is 17.3. The van der Waals surface area contributed by atoms with E-state index >= 15 is 0 Å². The minimum atomic E-state index is 0.384. The average molecular weight is 195 g/mol. The summed E-state index contributed by atoms with van der Waals surface area (Å²) >= 11 is 3.41. The van der Waals surface area contributed by atoms with E-state index in [1.54, 1.807) is 0 Å². The lowest BCUT2D eigenvalue weighted by Gasteiger charge is -2.16. The highest BCUT2D eigenvalue weighted by Crippen LogP contribution is 2.08. The maximum atomic E-state index is 5.36. The van der Waals surface area contributed by atoms with Crippen LogP contribution < -0.4 is 0 Å². The van der Waals surface area contributed by atoms with Gasteiger partial charge < -0.3 is 4.74 Å². The standard InChI is InChI=1S/C7H15BrO/c1-4-9-7(3)6(2)5-8/h6-7H,4-5H2,1-3H3. The van der Waals surface area contributed by atoms with Crippen LogP contribution in [0.5, 0.6) is 0 Å². The van der Waals surface area contributed by atoms with Crippen molar-refractivity contribution in [2.75, 3.05) is 11.9 Å². The summed E-state index contributed by atoms with van der Waals surface area (Å²) in [6.45, 7) is 7.13. The summed E-state index contributed by atoms with van der Waals surface area (Å²) < 4.78 is 5.36. The summed E-state index contributed by atoms with van der Waals surface area (Å²) in [5, 5.41) is 1.02. The lowest BCUT2D eigenvalue weighted by atomic mass is 10.1. The van der Waals surface area contributed by atoms with E-state index in [-0.39, 0.29) is 0 Å². The van der Waals surface area contributed by atoms with Crippen LogP contribution in [0.25, 0.3) is 0 Å². The summed E-state index contributed by atoms with van der Waals surface area (Å²) in [6, 6.07) is 0.